The van der Waals surface area contributed by atoms with Crippen molar-refractivity contribution in [1.29, 1.82) is 0 Å². The Kier molecular flexibility index (Phi) is 4.98. The maximum atomic E-state index is 12.2. The zero-order valence-corrected chi connectivity index (χ0v) is 13.4. The van der Waals surface area contributed by atoms with Gasteiger partial charge in [0, 0.05) is 18.6 Å². The third-order valence-corrected chi connectivity index (χ3v) is 4.93. The van der Waals surface area contributed by atoms with Gasteiger partial charge in [0.1, 0.15) is 5.75 Å². The number of amides is 1. The molecule has 0 spiro atoms. The molecule has 120 valence electrons. The van der Waals surface area contributed by atoms with Gasteiger partial charge in [0.25, 0.3) is 0 Å². The van der Waals surface area contributed by atoms with Crippen LogP contribution in [0.15, 0.2) is 24.3 Å². The van der Waals surface area contributed by atoms with Gasteiger partial charge in [-0.25, -0.2) is 0 Å². The van der Waals surface area contributed by atoms with Crippen LogP contribution in [-0.2, 0) is 4.79 Å². The highest BCUT2D eigenvalue weighted by atomic mass is 16.5. The molecule has 1 aromatic carbocycles. The van der Waals surface area contributed by atoms with E-state index in [1.54, 1.807) is 7.11 Å². The van der Waals surface area contributed by atoms with E-state index in [2.05, 4.69) is 22.3 Å². The number of nitrogens with zero attached hydrogens (tertiary/aromatic N) is 1. The Bertz CT molecular complexity index is 512. The fourth-order valence-corrected chi connectivity index (χ4v) is 3.56. The quantitative estimate of drug-likeness (QED) is 0.909. The normalized spacial score (nSPS) is 22.9. The maximum absolute atomic E-state index is 12.2. The number of carbonyl (C=O) groups excluding carboxylic acids is 1. The lowest BCUT2D eigenvalue weighted by atomic mass is 9.94. The van der Waals surface area contributed by atoms with Gasteiger partial charge >= 0.3 is 0 Å². The Balaban J connectivity index is 1.53. The van der Waals surface area contributed by atoms with Crippen molar-refractivity contribution >= 4 is 5.91 Å². The van der Waals surface area contributed by atoms with Gasteiger partial charge in [0.2, 0.25) is 5.91 Å². The Hall–Kier alpha value is -1.55. The van der Waals surface area contributed by atoms with Gasteiger partial charge in [-0.05, 0) is 37.0 Å². The van der Waals surface area contributed by atoms with Gasteiger partial charge in [0.05, 0.1) is 13.7 Å². The molecule has 0 radical (unpaired) electrons. The van der Waals surface area contributed by atoms with E-state index in [9.17, 15) is 4.79 Å². The molecular weight excluding hydrogens is 276 g/mol. The van der Waals surface area contributed by atoms with Gasteiger partial charge in [-0.15, -0.1) is 0 Å². The molecule has 22 heavy (non-hydrogen) atoms. The van der Waals surface area contributed by atoms with E-state index in [4.69, 9.17) is 4.74 Å². The summed E-state index contributed by atoms with van der Waals surface area (Å²) >= 11 is 0. The molecule has 2 fully saturated rings. The Morgan fingerprint density at radius 1 is 1.27 bits per heavy atom. The van der Waals surface area contributed by atoms with Crippen LogP contribution in [0.5, 0.6) is 5.75 Å². The summed E-state index contributed by atoms with van der Waals surface area (Å²) in [4.78, 5) is 14.5. The van der Waals surface area contributed by atoms with E-state index in [1.807, 2.05) is 12.1 Å². The van der Waals surface area contributed by atoms with Gasteiger partial charge in [-0.2, -0.15) is 0 Å². The van der Waals surface area contributed by atoms with Gasteiger partial charge in [-0.1, -0.05) is 31.4 Å². The number of rotatable bonds is 5. The predicted molar refractivity (Wildman–Crippen MR) is 86.9 cm³/mol. The summed E-state index contributed by atoms with van der Waals surface area (Å²) in [7, 11) is 1.69. The number of hydrogen-bond acceptors (Lipinski definition) is 3. The van der Waals surface area contributed by atoms with Crippen molar-refractivity contribution < 1.29 is 9.53 Å². The summed E-state index contributed by atoms with van der Waals surface area (Å²) < 4.78 is 5.29. The van der Waals surface area contributed by atoms with E-state index < -0.39 is 0 Å². The van der Waals surface area contributed by atoms with Crippen LogP contribution in [-0.4, -0.2) is 37.0 Å². The lowest BCUT2D eigenvalue weighted by molar-refractivity contribution is -0.125. The fraction of sp³-hybridized carbons (Fsp3) is 0.611. The van der Waals surface area contributed by atoms with E-state index in [1.165, 1.54) is 24.8 Å². The van der Waals surface area contributed by atoms with Crippen molar-refractivity contribution in [1.82, 2.24) is 10.2 Å². The van der Waals surface area contributed by atoms with Crippen LogP contribution in [0.3, 0.4) is 0 Å². The first-order chi connectivity index (χ1) is 10.8. The summed E-state index contributed by atoms with van der Waals surface area (Å²) in [5, 5.41) is 3.21. The first kappa shape index (κ1) is 15.3. The molecule has 0 bridgehead atoms. The number of hydrogen-bond donors (Lipinski definition) is 1. The summed E-state index contributed by atoms with van der Waals surface area (Å²) in [5.41, 5.74) is 1.25. The van der Waals surface area contributed by atoms with Crippen LogP contribution in [0, 0.1) is 0 Å². The number of nitrogens with one attached hydrogen (secondary N) is 1. The number of likely N-dealkylation sites (tertiary alicyclic amines) is 1. The van der Waals surface area contributed by atoms with Gasteiger partial charge in [-0.3, -0.25) is 9.69 Å². The molecule has 1 aliphatic heterocycles. The summed E-state index contributed by atoms with van der Waals surface area (Å²) in [6.45, 7) is 1.51. The Morgan fingerprint density at radius 3 is 2.77 bits per heavy atom. The minimum atomic E-state index is 0.180. The lowest BCUT2D eigenvalue weighted by Gasteiger charge is -2.41. The van der Waals surface area contributed by atoms with Crippen molar-refractivity contribution in [2.75, 3.05) is 20.2 Å². The average Bonchev–Trinajstić information content (AvgIpc) is 2.53. The highest BCUT2D eigenvalue weighted by Crippen LogP contribution is 2.34. The van der Waals surface area contributed by atoms with Crippen molar-refractivity contribution in [2.24, 2.45) is 0 Å². The van der Waals surface area contributed by atoms with E-state index >= 15 is 0 Å². The lowest BCUT2D eigenvalue weighted by Crippen LogP contribution is -2.48. The van der Waals surface area contributed by atoms with Crippen molar-refractivity contribution in [3.8, 4) is 5.75 Å². The first-order valence-electron chi connectivity index (χ1n) is 8.43. The second-order valence-electron chi connectivity index (χ2n) is 6.45. The first-order valence-corrected chi connectivity index (χ1v) is 8.43. The zero-order valence-electron chi connectivity index (χ0n) is 13.4. The minimum absolute atomic E-state index is 0.180. The smallest absolute Gasteiger partial charge is 0.234 e. The molecule has 3 rings (SSSR count). The largest absolute Gasteiger partial charge is 0.497 e. The monoisotopic (exact) mass is 302 g/mol. The molecule has 1 amide bonds. The summed E-state index contributed by atoms with van der Waals surface area (Å²) in [6, 6.07) is 8.94. The standard InChI is InChI=1S/C18H26N2O2/c1-22-16-9-5-6-14(12-16)17-10-11-20(17)13-18(21)19-15-7-3-2-4-8-15/h5-6,9,12,15,17H,2-4,7-8,10-11,13H2,1H3,(H,19,21). The molecule has 1 atom stereocenters. The Morgan fingerprint density at radius 2 is 2.09 bits per heavy atom. The van der Waals surface area contributed by atoms with Crippen LogP contribution >= 0.6 is 0 Å². The van der Waals surface area contributed by atoms with Crippen LogP contribution < -0.4 is 10.1 Å². The predicted octanol–water partition coefficient (Wildman–Crippen LogP) is 2.89. The molecule has 2 aliphatic rings. The molecule has 1 saturated heterocycles. The van der Waals surface area contributed by atoms with Crippen LogP contribution in [0.1, 0.15) is 50.1 Å². The molecule has 1 heterocycles. The highest BCUT2D eigenvalue weighted by molar-refractivity contribution is 5.78. The molecule has 1 N–H and O–H groups in total. The fourth-order valence-electron chi connectivity index (χ4n) is 3.56. The number of benzene rings is 1. The summed E-state index contributed by atoms with van der Waals surface area (Å²) in [5.74, 6) is 1.07. The molecule has 4 heteroatoms. The third-order valence-electron chi connectivity index (χ3n) is 4.93. The molecule has 1 aliphatic carbocycles. The number of carbonyl (C=O) groups is 1. The molecule has 4 nitrogen and oxygen atoms in total. The van der Waals surface area contributed by atoms with Crippen molar-refractivity contribution in [3.05, 3.63) is 29.8 Å². The van der Waals surface area contributed by atoms with Crippen LogP contribution in [0.4, 0.5) is 0 Å². The van der Waals surface area contributed by atoms with Crippen LogP contribution in [0.25, 0.3) is 0 Å². The van der Waals surface area contributed by atoms with Crippen LogP contribution in [0.2, 0.25) is 0 Å². The second kappa shape index (κ2) is 7.14. The highest BCUT2D eigenvalue weighted by Gasteiger charge is 2.31. The molecular formula is C18H26N2O2. The molecule has 0 aromatic heterocycles. The SMILES string of the molecule is COc1cccc(C2CCN2CC(=O)NC2CCCCC2)c1. The van der Waals surface area contributed by atoms with Gasteiger partial charge < -0.3 is 10.1 Å². The topological polar surface area (TPSA) is 41.6 Å². The number of methoxy groups -OCH3 is 1. The molecule has 1 saturated carbocycles. The molecule has 1 unspecified atom stereocenters. The van der Waals surface area contributed by atoms with Gasteiger partial charge in [0.15, 0.2) is 0 Å². The minimum Gasteiger partial charge on any atom is -0.497 e. The Labute approximate surface area is 132 Å². The van der Waals surface area contributed by atoms with Crippen molar-refractivity contribution in [3.63, 3.8) is 0 Å². The van der Waals surface area contributed by atoms with Crippen molar-refractivity contribution in [2.45, 2.75) is 50.6 Å². The average molecular weight is 302 g/mol. The second-order valence-corrected chi connectivity index (χ2v) is 6.45. The zero-order chi connectivity index (χ0) is 15.4. The van der Waals surface area contributed by atoms with E-state index in [-0.39, 0.29) is 5.91 Å². The molecule has 1 aromatic rings. The third kappa shape index (κ3) is 3.61. The van der Waals surface area contributed by atoms with E-state index in [0.29, 0.717) is 18.6 Å². The maximum Gasteiger partial charge on any atom is 0.234 e. The van der Waals surface area contributed by atoms with E-state index in [0.717, 1.165) is 31.6 Å². The summed E-state index contributed by atoms with van der Waals surface area (Å²) in [6.07, 6.45) is 7.22. The number of ether oxygens (including phenoxy) is 1.